The maximum absolute atomic E-state index is 12.8. The Labute approximate surface area is 140 Å². The predicted molar refractivity (Wildman–Crippen MR) is 90.0 cm³/mol. The van der Waals surface area contributed by atoms with Gasteiger partial charge in [-0.15, -0.1) is 11.3 Å². The molecule has 1 saturated heterocycles. The van der Waals surface area contributed by atoms with Crippen molar-refractivity contribution >= 4 is 17.2 Å². The Hall–Kier alpha value is -1.69. The summed E-state index contributed by atoms with van der Waals surface area (Å²) in [6.07, 6.45) is 4.54. The van der Waals surface area contributed by atoms with Crippen LogP contribution in [0.3, 0.4) is 0 Å². The Balaban J connectivity index is 1.74. The van der Waals surface area contributed by atoms with Gasteiger partial charge < -0.3 is 9.42 Å². The van der Waals surface area contributed by atoms with E-state index in [-0.39, 0.29) is 11.3 Å². The number of nitrogens with zero attached hydrogens (tertiary/aromatic N) is 3. The molecule has 124 valence electrons. The molecule has 0 saturated carbocycles. The van der Waals surface area contributed by atoms with E-state index in [4.69, 9.17) is 4.52 Å². The van der Waals surface area contributed by atoms with Crippen LogP contribution >= 0.6 is 11.3 Å². The lowest BCUT2D eigenvalue weighted by atomic mass is 9.81. The number of aromatic nitrogens is 2. The summed E-state index contributed by atoms with van der Waals surface area (Å²) in [6.45, 7) is 9.65. The Morgan fingerprint density at radius 3 is 2.65 bits per heavy atom. The van der Waals surface area contributed by atoms with E-state index >= 15 is 0 Å². The Morgan fingerprint density at radius 2 is 2.09 bits per heavy atom. The molecular formula is C17H23N3O2S. The average molecular weight is 333 g/mol. The van der Waals surface area contributed by atoms with Crippen LogP contribution < -0.4 is 0 Å². The molecule has 0 atom stereocenters. The molecule has 0 N–H and O–H groups in total. The fourth-order valence-electron chi connectivity index (χ4n) is 3.14. The van der Waals surface area contributed by atoms with Gasteiger partial charge in [0, 0.05) is 29.6 Å². The molecule has 0 unspecified atom stereocenters. The van der Waals surface area contributed by atoms with Crippen molar-refractivity contribution < 1.29 is 9.32 Å². The first-order valence-electron chi connectivity index (χ1n) is 8.12. The normalized spacial score (nSPS) is 17.5. The molecule has 23 heavy (non-hydrogen) atoms. The third kappa shape index (κ3) is 2.92. The number of thiazole rings is 1. The van der Waals surface area contributed by atoms with Crippen LogP contribution in [-0.2, 0) is 11.8 Å². The van der Waals surface area contributed by atoms with Crippen LogP contribution in [0.2, 0.25) is 0 Å². The van der Waals surface area contributed by atoms with Gasteiger partial charge in [0.25, 0.3) is 5.91 Å². The highest BCUT2D eigenvalue weighted by Crippen LogP contribution is 2.37. The Bertz CT molecular complexity index is 711. The molecule has 3 rings (SSSR count). The van der Waals surface area contributed by atoms with Crippen molar-refractivity contribution in [2.24, 2.45) is 0 Å². The topological polar surface area (TPSA) is 59.2 Å². The number of carbonyl (C=O) groups is 1. The van der Waals surface area contributed by atoms with Gasteiger partial charge in [0.1, 0.15) is 11.3 Å². The third-order valence-electron chi connectivity index (χ3n) is 4.77. The van der Waals surface area contributed by atoms with Crippen LogP contribution in [0, 0.1) is 13.8 Å². The first-order valence-corrected chi connectivity index (χ1v) is 8.93. The number of carbonyl (C=O) groups excluding carboxylic acids is 1. The average Bonchev–Trinajstić information content (AvgIpc) is 3.13. The molecule has 2 aromatic rings. The van der Waals surface area contributed by atoms with Gasteiger partial charge in [0.15, 0.2) is 0 Å². The number of rotatable bonds is 3. The summed E-state index contributed by atoms with van der Waals surface area (Å²) < 4.78 is 5.21. The van der Waals surface area contributed by atoms with Crippen LogP contribution in [0.1, 0.15) is 58.4 Å². The maximum atomic E-state index is 12.8. The minimum Gasteiger partial charge on any atom is -0.361 e. The Kier molecular flexibility index (Phi) is 4.27. The van der Waals surface area contributed by atoms with Crippen LogP contribution in [0.4, 0.5) is 0 Å². The molecule has 3 heterocycles. The van der Waals surface area contributed by atoms with E-state index in [1.54, 1.807) is 11.3 Å². The van der Waals surface area contributed by atoms with E-state index in [0.29, 0.717) is 17.7 Å². The molecule has 0 aliphatic carbocycles. The fourth-order valence-corrected chi connectivity index (χ4v) is 4.11. The lowest BCUT2D eigenvalue weighted by Crippen LogP contribution is -2.44. The second-order valence-corrected chi connectivity index (χ2v) is 7.78. The van der Waals surface area contributed by atoms with Gasteiger partial charge in [-0.25, -0.2) is 4.98 Å². The largest absolute Gasteiger partial charge is 0.361 e. The van der Waals surface area contributed by atoms with Gasteiger partial charge in [0.05, 0.1) is 10.7 Å². The molecular weight excluding hydrogens is 310 g/mol. The molecule has 1 fully saturated rings. The molecule has 1 amide bonds. The Morgan fingerprint density at radius 1 is 1.39 bits per heavy atom. The van der Waals surface area contributed by atoms with Crippen LogP contribution in [0.25, 0.3) is 0 Å². The van der Waals surface area contributed by atoms with E-state index in [1.165, 1.54) is 9.88 Å². The highest BCUT2D eigenvalue weighted by Gasteiger charge is 2.36. The van der Waals surface area contributed by atoms with E-state index in [2.05, 4.69) is 24.0 Å². The van der Waals surface area contributed by atoms with Crippen LogP contribution in [0.15, 0.2) is 10.7 Å². The molecule has 1 aliphatic rings. The van der Waals surface area contributed by atoms with Crippen molar-refractivity contribution in [2.45, 2.75) is 52.4 Å². The van der Waals surface area contributed by atoms with E-state index < -0.39 is 0 Å². The lowest BCUT2D eigenvalue weighted by molar-refractivity contribution is 0.0673. The van der Waals surface area contributed by atoms with Crippen molar-refractivity contribution in [1.82, 2.24) is 15.0 Å². The van der Waals surface area contributed by atoms with E-state index in [1.807, 2.05) is 24.9 Å². The molecule has 0 spiro atoms. The van der Waals surface area contributed by atoms with Gasteiger partial charge in [-0.3, -0.25) is 4.79 Å². The van der Waals surface area contributed by atoms with Gasteiger partial charge in [0.2, 0.25) is 0 Å². The van der Waals surface area contributed by atoms with Gasteiger partial charge >= 0.3 is 0 Å². The summed E-state index contributed by atoms with van der Waals surface area (Å²) in [7, 11) is 0. The number of aryl methyl sites for hydroxylation is 3. The molecule has 0 radical (unpaired) electrons. The van der Waals surface area contributed by atoms with Crippen LogP contribution in [0.5, 0.6) is 0 Å². The van der Waals surface area contributed by atoms with Crippen molar-refractivity contribution in [1.29, 1.82) is 0 Å². The number of likely N-dealkylation sites (tertiary alicyclic amines) is 1. The third-order valence-corrected chi connectivity index (χ3v) is 5.99. The second-order valence-electron chi connectivity index (χ2n) is 6.54. The SMILES string of the molecule is CCc1noc(C)c1C(=O)N1CCC(C)(c2ncc(C)s2)CC1. The number of amides is 1. The fraction of sp³-hybridized carbons (Fsp3) is 0.588. The van der Waals surface area contributed by atoms with Crippen molar-refractivity contribution in [3.8, 4) is 0 Å². The number of piperidine rings is 1. The summed E-state index contributed by atoms with van der Waals surface area (Å²) in [5, 5.41) is 5.19. The maximum Gasteiger partial charge on any atom is 0.259 e. The minimum absolute atomic E-state index is 0.0537. The number of hydrogen-bond acceptors (Lipinski definition) is 5. The van der Waals surface area contributed by atoms with Crippen LogP contribution in [-0.4, -0.2) is 34.0 Å². The number of hydrogen-bond donors (Lipinski definition) is 0. The summed E-state index contributed by atoms with van der Waals surface area (Å²) in [5.74, 6) is 0.675. The highest BCUT2D eigenvalue weighted by atomic mass is 32.1. The standard InChI is InChI=1S/C17H23N3O2S/c1-5-13-14(12(3)22-19-13)15(21)20-8-6-17(4,7-9-20)16-18-10-11(2)23-16/h10H,5-9H2,1-4H3. The van der Waals surface area contributed by atoms with E-state index in [0.717, 1.165) is 31.6 Å². The summed E-state index contributed by atoms with van der Waals surface area (Å²) in [4.78, 5) is 20.6. The molecule has 6 heteroatoms. The summed E-state index contributed by atoms with van der Waals surface area (Å²) in [5.41, 5.74) is 1.49. The van der Waals surface area contributed by atoms with Gasteiger partial charge in [-0.05, 0) is 33.1 Å². The monoisotopic (exact) mass is 333 g/mol. The summed E-state index contributed by atoms with van der Waals surface area (Å²) >= 11 is 1.77. The van der Waals surface area contributed by atoms with Crippen molar-refractivity contribution in [2.75, 3.05) is 13.1 Å². The minimum atomic E-state index is 0.0537. The zero-order chi connectivity index (χ0) is 16.6. The smallest absolute Gasteiger partial charge is 0.259 e. The molecule has 5 nitrogen and oxygen atoms in total. The molecule has 0 bridgehead atoms. The molecule has 1 aliphatic heterocycles. The first-order chi connectivity index (χ1) is 10.9. The van der Waals surface area contributed by atoms with Gasteiger partial charge in [-0.1, -0.05) is 19.0 Å². The van der Waals surface area contributed by atoms with Gasteiger partial charge in [-0.2, -0.15) is 0 Å². The van der Waals surface area contributed by atoms with E-state index in [9.17, 15) is 4.79 Å². The summed E-state index contributed by atoms with van der Waals surface area (Å²) in [6, 6.07) is 0. The van der Waals surface area contributed by atoms with Crippen molar-refractivity contribution in [3.05, 3.63) is 33.1 Å². The molecule has 2 aromatic heterocycles. The lowest BCUT2D eigenvalue weighted by Gasteiger charge is -2.38. The predicted octanol–water partition coefficient (Wildman–Crippen LogP) is 3.50. The highest BCUT2D eigenvalue weighted by molar-refractivity contribution is 7.11. The van der Waals surface area contributed by atoms with Crippen molar-refractivity contribution in [3.63, 3.8) is 0 Å². The molecule has 0 aromatic carbocycles. The first kappa shape index (κ1) is 16.2. The zero-order valence-electron chi connectivity index (χ0n) is 14.2. The zero-order valence-corrected chi connectivity index (χ0v) is 15.0. The second kappa shape index (κ2) is 6.07. The quantitative estimate of drug-likeness (QED) is 0.862.